The molecule has 8 heteroatoms. The largest absolute Gasteiger partial charge is 2.00 e. The fraction of sp³-hybridized carbons (Fsp3) is 1.00. The van der Waals surface area contributed by atoms with Crippen LogP contribution in [0, 0.1) is 0 Å². The Hall–Kier alpha value is 0.829. The molecule has 0 aliphatic carbocycles. The van der Waals surface area contributed by atoms with E-state index >= 15 is 0 Å². The third-order valence-corrected chi connectivity index (χ3v) is 1.10. The van der Waals surface area contributed by atoms with Crippen LogP contribution in [0.3, 0.4) is 0 Å². The van der Waals surface area contributed by atoms with Crippen molar-refractivity contribution in [3.63, 3.8) is 0 Å². The normalized spacial score (nSPS) is 13.8. The van der Waals surface area contributed by atoms with Crippen LogP contribution in [0.2, 0.25) is 0 Å². The van der Waals surface area contributed by atoms with E-state index in [0.717, 1.165) is 0 Å². The zero-order valence-corrected chi connectivity index (χ0v) is 9.21. The molecule has 0 fully saturated rings. The SMILES string of the molecule is O=P([O-])([O-])OCC(O)CO.[Sn+2]. The second kappa shape index (κ2) is 6.36. The van der Waals surface area contributed by atoms with Gasteiger partial charge in [0.2, 0.25) is 0 Å². The standard InChI is InChI=1S/C3H9O6P.Sn/c4-1-3(5)2-9-10(6,7)8;/h3-5H,1-2H2,(H2,6,7,8);/q;+2/p-2. The van der Waals surface area contributed by atoms with Crippen molar-refractivity contribution in [3.05, 3.63) is 0 Å². The van der Waals surface area contributed by atoms with Crippen molar-refractivity contribution in [2.75, 3.05) is 13.2 Å². The van der Waals surface area contributed by atoms with E-state index in [1.807, 2.05) is 0 Å². The molecule has 0 aromatic rings. The Balaban J connectivity index is 0. The van der Waals surface area contributed by atoms with Crippen LogP contribution in [-0.2, 0) is 9.09 Å². The number of hydrogen-bond acceptors (Lipinski definition) is 6. The summed E-state index contributed by atoms with van der Waals surface area (Å²) < 4.78 is 13.3. The summed E-state index contributed by atoms with van der Waals surface area (Å²) in [6.45, 7) is -1.33. The van der Waals surface area contributed by atoms with Crippen LogP contribution in [0.5, 0.6) is 0 Å². The van der Waals surface area contributed by atoms with Gasteiger partial charge in [0.05, 0.1) is 21.0 Å². The number of phosphoric ester groups is 1. The van der Waals surface area contributed by atoms with E-state index in [2.05, 4.69) is 4.52 Å². The predicted octanol–water partition coefficient (Wildman–Crippen LogP) is -3.20. The molecule has 1 unspecified atom stereocenters. The molecule has 0 aliphatic rings. The summed E-state index contributed by atoms with van der Waals surface area (Å²) in [5.74, 6) is 0. The van der Waals surface area contributed by atoms with Gasteiger partial charge >= 0.3 is 23.9 Å². The van der Waals surface area contributed by atoms with E-state index in [-0.39, 0.29) is 23.9 Å². The molecule has 0 bridgehead atoms. The van der Waals surface area contributed by atoms with Gasteiger partial charge < -0.3 is 29.1 Å². The Morgan fingerprint density at radius 2 is 2.00 bits per heavy atom. The minimum absolute atomic E-state index is 0. The minimum Gasteiger partial charge on any atom is -0.790 e. The Morgan fingerprint density at radius 1 is 1.55 bits per heavy atom. The Morgan fingerprint density at radius 3 is 2.27 bits per heavy atom. The zero-order valence-electron chi connectivity index (χ0n) is 5.47. The number of aliphatic hydroxyl groups excluding tert-OH is 2. The molecule has 0 aromatic heterocycles. The number of phosphoric acid groups is 1. The number of aliphatic hydroxyl groups is 2. The molecule has 0 rings (SSSR count). The topological polar surface area (TPSA) is 113 Å². The third kappa shape index (κ3) is 10.8. The predicted molar refractivity (Wildman–Crippen MR) is 32.4 cm³/mol. The van der Waals surface area contributed by atoms with Crippen molar-refractivity contribution < 1.29 is 29.1 Å². The maximum Gasteiger partial charge on any atom is 2.00 e. The summed E-state index contributed by atoms with van der Waals surface area (Å²) in [5.41, 5.74) is 0. The molecule has 0 amide bonds. The molecule has 0 heterocycles. The average molecular weight is 289 g/mol. The van der Waals surface area contributed by atoms with Crippen molar-refractivity contribution >= 4 is 31.7 Å². The van der Waals surface area contributed by atoms with Crippen LogP contribution in [0.4, 0.5) is 0 Å². The second-order valence-electron chi connectivity index (χ2n) is 1.58. The van der Waals surface area contributed by atoms with E-state index in [1.54, 1.807) is 0 Å². The third-order valence-electron chi connectivity index (χ3n) is 0.636. The molecular formula is C3H7O6PSn. The van der Waals surface area contributed by atoms with Gasteiger partial charge in [-0.25, -0.2) is 0 Å². The molecule has 0 saturated heterocycles. The van der Waals surface area contributed by atoms with Gasteiger partial charge in [0.1, 0.15) is 6.10 Å². The molecule has 64 valence electrons. The van der Waals surface area contributed by atoms with Crippen molar-refractivity contribution in [1.82, 2.24) is 0 Å². The molecule has 0 spiro atoms. The molecule has 0 aliphatic heterocycles. The molecule has 11 heavy (non-hydrogen) atoms. The van der Waals surface area contributed by atoms with Crippen LogP contribution in [0.1, 0.15) is 0 Å². The van der Waals surface area contributed by atoms with Gasteiger partial charge in [0.15, 0.2) is 0 Å². The van der Waals surface area contributed by atoms with E-state index in [0.29, 0.717) is 0 Å². The van der Waals surface area contributed by atoms with Crippen molar-refractivity contribution in [1.29, 1.82) is 0 Å². The first-order chi connectivity index (χ1) is 4.45. The second-order valence-corrected chi connectivity index (χ2v) is 2.73. The molecule has 0 saturated carbocycles. The Bertz CT molecular complexity index is 134. The summed E-state index contributed by atoms with van der Waals surface area (Å²) in [6.07, 6.45) is -1.32. The molecule has 2 N–H and O–H groups in total. The van der Waals surface area contributed by atoms with Gasteiger partial charge in [-0.15, -0.1) is 0 Å². The van der Waals surface area contributed by atoms with Crippen LogP contribution >= 0.6 is 7.82 Å². The van der Waals surface area contributed by atoms with Crippen LogP contribution in [-0.4, -0.2) is 53.4 Å². The minimum atomic E-state index is -5.00. The monoisotopic (exact) mass is 290 g/mol. The molecule has 2 radical (unpaired) electrons. The molecule has 1 atom stereocenters. The van der Waals surface area contributed by atoms with Crippen molar-refractivity contribution in [2.45, 2.75) is 6.10 Å². The Labute approximate surface area is 80.4 Å². The summed E-state index contributed by atoms with van der Waals surface area (Å²) in [5, 5.41) is 16.6. The maximum atomic E-state index is 9.71. The van der Waals surface area contributed by atoms with E-state index in [9.17, 15) is 14.4 Å². The van der Waals surface area contributed by atoms with Gasteiger partial charge in [-0.05, 0) is 0 Å². The summed E-state index contributed by atoms with van der Waals surface area (Å²) in [7, 11) is -5.00. The first kappa shape index (κ1) is 14.4. The smallest absolute Gasteiger partial charge is 0.790 e. The summed E-state index contributed by atoms with van der Waals surface area (Å²) in [4.78, 5) is 19.4. The fourth-order valence-electron chi connectivity index (χ4n) is 0.230. The van der Waals surface area contributed by atoms with Crippen LogP contribution < -0.4 is 9.79 Å². The molecule has 6 nitrogen and oxygen atoms in total. The van der Waals surface area contributed by atoms with Crippen LogP contribution in [0.25, 0.3) is 0 Å². The number of hydrogen-bond donors (Lipinski definition) is 2. The summed E-state index contributed by atoms with van der Waals surface area (Å²) >= 11 is 0. The number of rotatable bonds is 4. The van der Waals surface area contributed by atoms with Gasteiger partial charge in [0.25, 0.3) is 0 Å². The fourth-order valence-corrected chi connectivity index (χ4v) is 0.585. The van der Waals surface area contributed by atoms with Crippen LogP contribution in [0.15, 0.2) is 0 Å². The van der Waals surface area contributed by atoms with Gasteiger partial charge in [-0.1, -0.05) is 0 Å². The summed E-state index contributed by atoms with van der Waals surface area (Å²) in [6, 6.07) is 0. The first-order valence-electron chi connectivity index (χ1n) is 2.41. The van der Waals surface area contributed by atoms with E-state index < -0.39 is 27.1 Å². The van der Waals surface area contributed by atoms with Gasteiger partial charge in [-0.2, -0.15) is 0 Å². The van der Waals surface area contributed by atoms with Crippen molar-refractivity contribution in [2.24, 2.45) is 0 Å². The maximum absolute atomic E-state index is 9.71. The van der Waals surface area contributed by atoms with Gasteiger partial charge in [-0.3, -0.25) is 0 Å². The van der Waals surface area contributed by atoms with Crippen molar-refractivity contribution in [3.8, 4) is 0 Å². The van der Waals surface area contributed by atoms with E-state index in [4.69, 9.17) is 10.2 Å². The molecular weight excluding hydrogens is 282 g/mol. The Kier molecular flexibility index (Phi) is 8.30. The molecule has 0 aromatic carbocycles. The van der Waals surface area contributed by atoms with E-state index in [1.165, 1.54) is 0 Å². The first-order valence-corrected chi connectivity index (χ1v) is 3.87. The zero-order chi connectivity index (χ0) is 8.20. The average Bonchev–Trinajstić information content (AvgIpc) is 1.81. The van der Waals surface area contributed by atoms with Gasteiger partial charge in [0, 0.05) is 0 Å². The quantitative estimate of drug-likeness (QED) is 0.416.